The molecule has 0 N–H and O–H groups in total. The molecule has 7 nitrogen and oxygen atoms in total. The first-order chi connectivity index (χ1) is 13.6. The second kappa shape index (κ2) is 8.10. The molecule has 3 aromatic heterocycles. The molecule has 0 aliphatic carbocycles. The lowest BCUT2D eigenvalue weighted by Gasteiger charge is -2.35. The van der Waals surface area contributed by atoms with Crippen LogP contribution in [-0.4, -0.2) is 57.0 Å². The van der Waals surface area contributed by atoms with Gasteiger partial charge in [-0.2, -0.15) is 5.10 Å². The first-order valence-corrected chi connectivity index (χ1v) is 10.4. The molecule has 146 valence electrons. The van der Waals surface area contributed by atoms with Gasteiger partial charge in [0.25, 0.3) is 0 Å². The van der Waals surface area contributed by atoms with Crippen molar-refractivity contribution in [1.82, 2.24) is 24.9 Å². The van der Waals surface area contributed by atoms with Gasteiger partial charge in [-0.15, -0.1) is 21.5 Å². The summed E-state index contributed by atoms with van der Waals surface area (Å²) >= 11 is 1.74. The van der Waals surface area contributed by atoms with E-state index in [9.17, 15) is 4.79 Å². The van der Waals surface area contributed by atoms with Crippen molar-refractivity contribution in [2.24, 2.45) is 0 Å². The minimum atomic E-state index is 0.239. The predicted molar refractivity (Wildman–Crippen MR) is 110 cm³/mol. The Balaban J connectivity index is 1.30. The number of carbonyl (C=O) groups is 1. The molecule has 0 radical (unpaired) electrons. The van der Waals surface area contributed by atoms with Crippen LogP contribution >= 0.6 is 11.3 Å². The third-order valence-corrected chi connectivity index (χ3v) is 6.17. The molecule has 0 unspecified atom stereocenters. The van der Waals surface area contributed by atoms with Gasteiger partial charge in [0.2, 0.25) is 5.91 Å². The number of nitrogens with zero attached hydrogens (tertiary/aromatic N) is 6. The minimum absolute atomic E-state index is 0.239. The molecular weight excluding hydrogens is 372 g/mol. The predicted octanol–water partition coefficient (Wildman–Crippen LogP) is 2.62. The topological polar surface area (TPSA) is 67.2 Å². The van der Waals surface area contributed by atoms with Gasteiger partial charge in [-0.1, -0.05) is 0 Å². The maximum atomic E-state index is 12.5. The molecule has 1 saturated heterocycles. The molecular formula is C20H24N6OS. The van der Waals surface area contributed by atoms with E-state index < -0.39 is 0 Å². The van der Waals surface area contributed by atoms with Crippen LogP contribution in [0, 0.1) is 13.8 Å². The zero-order valence-corrected chi connectivity index (χ0v) is 17.0. The molecule has 0 atom stereocenters. The first-order valence-electron chi connectivity index (χ1n) is 9.52. The van der Waals surface area contributed by atoms with Crippen molar-refractivity contribution in [1.29, 1.82) is 0 Å². The number of rotatable bonds is 5. The fourth-order valence-electron chi connectivity index (χ4n) is 3.38. The largest absolute Gasteiger partial charge is 0.352 e. The van der Waals surface area contributed by atoms with E-state index in [-0.39, 0.29) is 5.91 Å². The van der Waals surface area contributed by atoms with Crippen molar-refractivity contribution < 1.29 is 4.79 Å². The number of piperazine rings is 1. The van der Waals surface area contributed by atoms with Crippen LogP contribution in [0.1, 0.15) is 22.6 Å². The van der Waals surface area contributed by atoms with Crippen LogP contribution < -0.4 is 4.90 Å². The summed E-state index contributed by atoms with van der Waals surface area (Å²) < 4.78 is 1.72. The third kappa shape index (κ3) is 4.06. The molecule has 1 aliphatic heterocycles. The number of anilines is 1. The van der Waals surface area contributed by atoms with Crippen LogP contribution in [0.4, 0.5) is 5.82 Å². The fourth-order valence-corrected chi connectivity index (χ4v) is 4.29. The average Bonchev–Trinajstić information content (AvgIpc) is 3.34. The Labute approximate surface area is 168 Å². The number of aromatic nitrogens is 4. The van der Waals surface area contributed by atoms with Crippen LogP contribution in [0.2, 0.25) is 0 Å². The van der Waals surface area contributed by atoms with Gasteiger partial charge in [0.15, 0.2) is 11.6 Å². The SMILES string of the molecule is Cc1ccn(-c2ccc(N3CCN(C(=O)CCc4sccc4C)CC3)nn2)n1. The Hall–Kier alpha value is -2.74. The van der Waals surface area contributed by atoms with Gasteiger partial charge in [-0.3, -0.25) is 4.79 Å². The monoisotopic (exact) mass is 396 g/mol. The lowest BCUT2D eigenvalue weighted by atomic mass is 10.2. The number of hydrogen-bond donors (Lipinski definition) is 0. The summed E-state index contributed by atoms with van der Waals surface area (Å²) in [5, 5.41) is 15.1. The van der Waals surface area contributed by atoms with Crippen molar-refractivity contribution in [2.75, 3.05) is 31.1 Å². The molecule has 0 bridgehead atoms. The van der Waals surface area contributed by atoms with Crippen molar-refractivity contribution in [3.05, 3.63) is 52.0 Å². The van der Waals surface area contributed by atoms with E-state index in [1.165, 1.54) is 10.4 Å². The van der Waals surface area contributed by atoms with Crippen LogP contribution in [-0.2, 0) is 11.2 Å². The summed E-state index contributed by atoms with van der Waals surface area (Å²) in [6, 6.07) is 7.95. The number of carbonyl (C=O) groups excluding carboxylic acids is 1. The van der Waals surface area contributed by atoms with Gasteiger partial charge < -0.3 is 9.80 Å². The van der Waals surface area contributed by atoms with Crippen molar-refractivity contribution >= 4 is 23.1 Å². The summed E-state index contributed by atoms with van der Waals surface area (Å²) in [6.45, 7) is 7.06. The highest BCUT2D eigenvalue weighted by Gasteiger charge is 2.22. The van der Waals surface area contributed by atoms with Crippen molar-refractivity contribution in [2.45, 2.75) is 26.7 Å². The van der Waals surface area contributed by atoms with Gasteiger partial charge in [0.1, 0.15) is 0 Å². The molecule has 4 rings (SSSR count). The number of thiophene rings is 1. The Morgan fingerprint density at radius 2 is 1.79 bits per heavy atom. The van der Waals surface area contributed by atoms with Crippen LogP contribution in [0.5, 0.6) is 0 Å². The molecule has 28 heavy (non-hydrogen) atoms. The van der Waals surface area contributed by atoms with Crippen LogP contribution in [0.15, 0.2) is 35.8 Å². The number of amides is 1. The van der Waals surface area contributed by atoms with Gasteiger partial charge in [-0.05, 0) is 55.5 Å². The summed E-state index contributed by atoms with van der Waals surface area (Å²) in [5.74, 6) is 1.78. The zero-order valence-electron chi connectivity index (χ0n) is 16.2. The lowest BCUT2D eigenvalue weighted by molar-refractivity contribution is -0.131. The normalized spacial score (nSPS) is 14.5. The quantitative estimate of drug-likeness (QED) is 0.663. The summed E-state index contributed by atoms with van der Waals surface area (Å²) in [6.07, 6.45) is 3.29. The maximum absolute atomic E-state index is 12.5. The average molecular weight is 397 g/mol. The van der Waals surface area contributed by atoms with Crippen molar-refractivity contribution in [3.63, 3.8) is 0 Å². The molecule has 0 saturated carbocycles. The highest BCUT2D eigenvalue weighted by molar-refractivity contribution is 7.10. The zero-order chi connectivity index (χ0) is 19.5. The smallest absolute Gasteiger partial charge is 0.223 e. The fraction of sp³-hybridized carbons (Fsp3) is 0.400. The van der Waals surface area contributed by atoms with E-state index in [4.69, 9.17) is 0 Å². The summed E-state index contributed by atoms with van der Waals surface area (Å²) in [7, 11) is 0. The summed E-state index contributed by atoms with van der Waals surface area (Å²) in [4.78, 5) is 18.0. The van der Waals surface area contributed by atoms with E-state index in [0.717, 1.165) is 44.1 Å². The molecule has 0 aromatic carbocycles. The first kappa shape index (κ1) is 18.6. The maximum Gasteiger partial charge on any atom is 0.223 e. The van der Waals surface area contributed by atoms with E-state index >= 15 is 0 Å². The number of hydrogen-bond acceptors (Lipinski definition) is 6. The van der Waals surface area contributed by atoms with Crippen molar-refractivity contribution in [3.8, 4) is 5.82 Å². The van der Waals surface area contributed by atoms with E-state index in [0.29, 0.717) is 12.2 Å². The van der Waals surface area contributed by atoms with Crippen LogP contribution in [0.25, 0.3) is 5.82 Å². The second-order valence-corrected chi connectivity index (χ2v) is 8.05. The van der Waals surface area contributed by atoms with Gasteiger partial charge in [0, 0.05) is 43.7 Å². The highest BCUT2D eigenvalue weighted by Crippen LogP contribution is 2.19. The Bertz CT molecular complexity index is 940. The van der Waals surface area contributed by atoms with Crippen LogP contribution in [0.3, 0.4) is 0 Å². The van der Waals surface area contributed by atoms with E-state index in [2.05, 4.69) is 38.6 Å². The molecule has 1 amide bonds. The highest BCUT2D eigenvalue weighted by atomic mass is 32.1. The lowest BCUT2D eigenvalue weighted by Crippen LogP contribution is -2.49. The van der Waals surface area contributed by atoms with Gasteiger partial charge >= 0.3 is 0 Å². The molecule has 3 aromatic rings. The Morgan fingerprint density at radius 3 is 2.39 bits per heavy atom. The van der Waals surface area contributed by atoms with Gasteiger partial charge in [0.05, 0.1) is 5.69 Å². The minimum Gasteiger partial charge on any atom is -0.352 e. The Morgan fingerprint density at radius 1 is 1.04 bits per heavy atom. The standard InChI is InChI=1S/C20H24N6OS/c1-15-8-14-28-17(15)3-6-20(27)25-12-10-24(11-13-25)18-4-5-19(22-21-18)26-9-7-16(2)23-26/h4-5,7-9,14H,3,6,10-13H2,1-2H3. The molecule has 1 fully saturated rings. The van der Waals surface area contributed by atoms with E-state index in [1.54, 1.807) is 16.0 Å². The summed E-state index contributed by atoms with van der Waals surface area (Å²) in [5.41, 5.74) is 2.23. The van der Waals surface area contributed by atoms with E-state index in [1.807, 2.05) is 36.2 Å². The Kier molecular flexibility index (Phi) is 5.38. The van der Waals surface area contributed by atoms with Gasteiger partial charge in [-0.25, -0.2) is 4.68 Å². The third-order valence-electron chi connectivity index (χ3n) is 5.08. The molecule has 1 aliphatic rings. The second-order valence-electron chi connectivity index (χ2n) is 7.05. The number of aryl methyl sites for hydroxylation is 3. The molecule has 8 heteroatoms. The molecule has 4 heterocycles. The molecule has 0 spiro atoms.